The van der Waals surface area contributed by atoms with Crippen LogP contribution in [0.15, 0.2) is 12.2 Å². The largest absolute Gasteiger partial charge is 0.386 e. The number of rotatable bonds is 2. The van der Waals surface area contributed by atoms with Crippen LogP contribution in [0.1, 0.15) is 12.8 Å². The second kappa shape index (κ2) is 4.17. The molecule has 2 heteroatoms. The van der Waals surface area contributed by atoms with Crippen molar-refractivity contribution in [1.82, 2.24) is 0 Å². The van der Waals surface area contributed by atoms with E-state index in [0.29, 0.717) is 13.0 Å². The molecule has 1 aliphatic rings. The minimum atomic E-state index is -0.475. The predicted molar refractivity (Wildman–Crippen MR) is 43.0 cm³/mol. The summed E-state index contributed by atoms with van der Waals surface area (Å²) in [5.74, 6) is 2.52. The molecule has 0 radical (unpaired) electrons. The first kappa shape index (κ1) is 8.32. The lowest BCUT2D eigenvalue weighted by Crippen LogP contribution is -2.30. The van der Waals surface area contributed by atoms with Gasteiger partial charge in [0.2, 0.25) is 0 Å². The van der Waals surface area contributed by atoms with Gasteiger partial charge in [-0.05, 0) is 6.42 Å². The standard InChI is InChI=1S/C9H12O2/c1-2-3-6-9-8(10)5-4-7-11-9/h1,4-5,8-10H,3,6-7H2/t8-,9+/m0/s1. The second-order valence-electron chi connectivity index (χ2n) is 2.53. The van der Waals surface area contributed by atoms with Gasteiger partial charge < -0.3 is 9.84 Å². The first-order valence-corrected chi connectivity index (χ1v) is 3.74. The maximum Gasteiger partial charge on any atom is 0.0983 e. The topological polar surface area (TPSA) is 29.5 Å². The van der Waals surface area contributed by atoms with Crippen molar-refractivity contribution in [2.24, 2.45) is 0 Å². The summed E-state index contributed by atoms with van der Waals surface area (Å²) >= 11 is 0. The summed E-state index contributed by atoms with van der Waals surface area (Å²) in [4.78, 5) is 0. The third-order valence-corrected chi connectivity index (χ3v) is 1.69. The van der Waals surface area contributed by atoms with E-state index in [1.165, 1.54) is 0 Å². The Morgan fingerprint density at radius 2 is 2.55 bits per heavy atom. The molecule has 0 unspecified atom stereocenters. The zero-order valence-electron chi connectivity index (χ0n) is 6.36. The Morgan fingerprint density at radius 1 is 1.73 bits per heavy atom. The Balaban J connectivity index is 2.34. The molecule has 0 amide bonds. The Morgan fingerprint density at radius 3 is 3.18 bits per heavy atom. The Hall–Kier alpha value is -0.780. The van der Waals surface area contributed by atoms with Crippen molar-refractivity contribution in [3.05, 3.63) is 12.2 Å². The van der Waals surface area contributed by atoms with E-state index >= 15 is 0 Å². The lowest BCUT2D eigenvalue weighted by molar-refractivity contribution is -0.0188. The smallest absolute Gasteiger partial charge is 0.0983 e. The number of hydrogen-bond donors (Lipinski definition) is 1. The molecular formula is C9H12O2. The molecule has 11 heavy (non-hydrogen) atoms. The molecule has 2 atom stereocenters. The Bertz CT molecular complexity index is 178. The molecule has 0 aromatic heterocycles. The molecule has 0 spiro atoms. The van der Waals surface area contributed by atoms with Crippen LogP contribution in [-0.2, 0) is 4.74 Å². The third-order valence-electron chi connectivity index (χ3n) is 1.69. The molecule has 2 nitrogen and oxygen atoms in total. The highest BCUT2D eigenvalue weighted by Gasteiger charge is 2.18. The van der Waals surface area contributed by atoms with E-state index < -0.39 is 6.10 Å². The summed E-state index contributed by atoms with van der Waals surface area (Å²) in [5, 5.41) is 9.32. The van der Waals surface area contributed by atoms with E-state index in [0.717, 1.165) is 6.42 Å². The van der Waals surface area contributed by atoms with Crippen molar-refractivity contribution in [1.29, 1.82) is 0 Å². The van der Waals surface area contributed by atoms with Crippen molar-refractivity contribution >= 4 is 0 Å². The fourth-order valence-corrected chi connectivity index (χ4v) is 1.08. The van der Waals surface area contributed by atoms with E-state index in [2.05, 4.69) is 5.92 Å². The maximum absolute atomic E-state index is 9.32. The van der Waals surface area contributed by atoms with E-state index in [4.69, 9.17) is 11.2 Å². The molecule has 0 saturated heterocycles. The van der Waals surface area contributed by atoms with Crippen molar-refractivity contribution in [3.63, 3.8) is 0 Å². The third kappa shape index (κ3) is 2.38. The zero-order chi connectivity index (χ0) is 8.10. The van der Waals surface area contributed by atoms with Crippen molar-refractivity contribution in [3.8, 4) is 12.3 Å². The van der Waals surface area contributed by atoms with Crippen molar-refractivity contribution in [2.75, 3.05) is 6.61 Å². The summed E-state index contributed by atoms with van der Waals surface area (Å²) in [6.07, 6.45) is 9.48. The van der Waals surface area contributed by atoms with Crippen LogP contribution in [0.25, 0.3) is 0 Å². The summed E-state index contributed by atoms with van der Waals surface area (Å²) < 4.78 is 5.26. The number of hydrogen-bond acceptors (Lipinski definition) is 2. The lowest BCUT2D eigenvalue weighted by Gasteiger charge is -2.22. The molecule has 1 heterocycles. The van der Waals surface area contributed by atoms with Crippen LogP contribution < -0.4 is 0 Å². The van der Waals surface area contributed by atoms with Gasteiger partial charge in [0.1, 0.15) is 0 Å². The van der Waals surface area contributed by atoms with Gasteiger partial charge in [0.05, 0.1) is 18.8 Å². The van der Waals surface area contributed by atoms with Crippen LogP contribution in [0.2, 0.25) is 0 Å². The highest BCUT2D eigenvalue weighted by Crippen LogP contribution is 2.12. The van der Waals surface area contributed by atoms with E-state index in [9.17, 15) is 5.11 Å². The minimum absolute atomic E-state index is 0.101. The van der Waals surface area contributed by atoms with Gasteiger partial charge in [0.25, 0.3) is 0 Å². The fraction of sp³-hybridized carbons (Fsp3) is 0.556. The van der Waals surface area contributed by atoms with Gasteiger partial charge in [-0.3, -0.25) is 0 Å². The van der Waals surface area contributed by atoms with E-state index in [-0.39, 0.29) is 6.10 Å². The molecule has 1 aliphatic heterocycles. The van der Waals surface area contributed by atoms with Crippen LogP contribution in [-0.4, -0.2) is 23.9 Å². The first-order chi connectivity index (χ1) is 5.34. The molecule has 0 aromatic carbocycles. The average Bonchev–Trinajstić information content (AvgIpc) is 2.03. The van der Waals surface area contributed by atoms with Crippen molar-refractivity contribution < 1.29 is 9.84 Å². The Labute approximate surface area is 66.9 Å². The number of terminal acetylenes is 1. The number of aliphatic hydroxyl groups is 1. The quantitative estimate of drug-likeness (QED) is 0.466. The summed E-state index contributed by atoms with van der Waals surface area (Å²) in [6.45, 7) is 0.590. The molecule has 0 aromatic rings. The van der Waals surface area contributed by atoms with Gasteiger partial charge in [-0.15, -0.1) is 12.3 Å². The van der Waals surface area contributed by atoms with Gasteiger partial charge >= 0.3 is 0 Å². The van der Waals surface area contributed by atoms with E-state index in [1.54, 1.807) is 6.08 Å². The maximum atomic E-state index is 9.32. The fourth-order valence-electron chi connectivity index (χ4n) is 1.08. The predicted octanol–water partition coefficient (Wildman–Crippen LogP) is 0.716. The van der Waals surface area contributed by atoms with Crippen LogP contribution in [0.4, 0.5) is 0 Å². The highest BCUT2D eigenvalue weighted by molar-refractivity contribution is 4.98. The monoisotopic (exact) mass is 152 g/mol. The summed E-state index contributed by atoms with van der Waals surface area (Å²) in [7, 11) is 0. The number of aliphatic hydroxyl groups excluding tert-OH is 1. The SMILES string of the molecule is C#CCC[C@H]1OCC=C[C@@H]1O. The second-order valence-corrected chi connectivity index (χ2v) is 2.53. The van der Waals surface area contributed by atoms with Crippen LogP contribution in [0, 0.1) is 12.3 Å². The van der Waals surface area contributed by atoms with Gasteiger partial charge in [0.15, 0.2) is 0 Å². The summed E-state index contributed by atoms with van der Waals surface area (Å²) in [5.41, 5.74) is 0. The van der Waals surface area contributed by atoms with Crippen LogP contribution in [0.3, 0.4) is 0 Å². The highest BCUT2D eigenvalue weighted by atomic mass is 16.5. The van der Waals surface area contributed by atoms with E-state index in [1.807, 2.05) is 6.08 Å². The van der Waals surface area contributed by atoms with Gasteiger partial charge in [-0.2, -0.15) is 0 Å². The average molecular weight is 152 g/mol. The van der Waals surface area contributed by atoms with Crippen LogP contribution >= 0.6 is 0 Å². The first-order valence-electron chi connectivity index (χ1n) is 3.74. The summed E-state index contributed by atoms with van der Waals surface area (Å²) in [6, 6.07) is 0. The molecule has 1 N–H and O–H groups in total. The normalized spacial score (nSPS) is 29.8. The molecular weight excluding hydrogens is 140 g/mol. The molecule has 0 saturated carbocycles. The lowest BCUT2D eigenvalue weighted by atomic mass is 10.1. The Kier molecular flexibility index (Phi) is 3.15. The molecule has 0 aliphatic carbocycles. The van der Waals surface area contributed by atoms with Gasteiger partial charge in [-0.1, -0.05) is 12.2 Å². The molecule has 0 bridgehead atoms. The number of ether oxygens (including phenoxy) is 1. The van der Waals surface area contributed by atoms with Gasteiger partial charge in [0, 0.05) is 6.42 Å². The molecule has 60 valence electrons. The molecule has 0 fully saturated rings. The van der Waals surface area contributed by atoms with Crippen molar-refractivity contribution in [2.45, 2.75) is 25.0 Å². The molecule has 1 rings (SSSR count). The zero-order valence-corrected chi connectivity index (χ0v) is 6.36. The van der Waals surface area contributed by atoms with Gasteiger partial charge in [-0.25, -0.2) is 0 Å². The minimum Gasteiger partial charge on any atom is -0.386 e. The van der Waals surface area contributed by atoms with Crippen LogP contribution in [0.5, 0.6) is 0 Å².